The van der Waals surface area contributed by atoms with Gasteiger partial charge >= 0.3 is 5.97 Å². The van der Waals surface area contributed by atoms with Crippen LogP contribution in [0.1, 0.15) is 35.7 Å². The van der Waals surface area contributed by atoms with Crippen molar-refractivity contribution in [3.8, 4) is 0 Å². The Bertz CT molecular complexity index is 445. The van der Waals surface area contributed by atoms with Crippen molar-refractivity contribution in [3.63, 3.8) is 0 Å². The molecule has 0 amide bonds. The average Bonchev–Trinajstić information content (AvgIpc) is 2.76. The van der Waals surface area contributed by atoms with Gasteiger partial charge in [-0.2, -0.15) is 0 Å². The van der Waals surface area contributed by atoms with Gasteiger partial charge in [0.05, 0.1) is 17.8 Å². The molecule has 2 N–H and O–H groups in total. The summed E-state index contributed by atoms with van der Waals surface area (Å²) in [6, 6.07) is 5.35. The van der Waals surface area contributed by atoms with Gasteiger partial charge in [0.1, 0.15) is 6.61 Å². The van der Waals surface area contributed by atoms with E-state index in [0.29, 0.717) is 17.9 Å². The molecule has 1 aromatic rings. The molecular formula is C14H19NO3. The summed E-state index contributed by atoms with van der Waals surface area (Å²) >= 11 is 0. The molecule has 0 bridgehead atoms. The van der Waals surface area contributed by atoms with Gasteiger partial charge in [-0.1, -0.05) is 12.1 Å². The number of ether oxygens (including phenoxy) is 2. The number of nitrogens with two attached hydrogens (primary N) is 1. The number of anilines is 1. The van der Waals surface area contributed by atoms with Gasteiger partial charge in [-0.25, -0.2) is 4.79 Å². The highest BCUT2D eigenvalue weighted by molar-refractivity contribution is 5.95. The normalized spacial score (nSPS) is 23.0. The number of para-hydroxylation sites is 1. The van der Waals surface area contributed by atoms with Crippen molar-refractivity contribution in [2.45, 2.75) is 38.9 Å². The van der Waals surface area contributed by atoms with Crippen LogP contribution in [-0.2, 0) is 9.47 Å². The zero-order valence-corrected chi connectivity index (χ0v) is 10.8. The minimum Gasteiger partial charge on any atom is -0.459 e. The summed E-state index contributed by atoms with van der Waals surface area (Å²) in [5, 5.41) is 0. The van der Waals surface area contributed by atoms with Gasteiger partial charge in [0.15, 0.2) is 0 Å². The van der Waals surface area contributed by atoms with Crippen LogP contribution >= 0.6 is 0 Å². The fourth-order valence-electron chi connectivity index (χ4n) is 2.11. The highest BCUT2D eigenvalue weighted by atomic mass is 16.6. The highest BCUT2D eigenvalue weighted by Gasteiger charge is 2.23. The van der Waals surface area contributed by atoms with E-state index in [0.717, 1.165) is 18.4 Å². The van der Waals surface area contributed by atoms with E-state index in [2.05, 4.69) is 0 Å². The molecule has 1 saturated heterocycles. The molecule has 4 nitrogen and oxygen atoms in total. The molecule has 18 heavy (non-hydrogen) atoms. The number of aryl methyl sites for hydroxylation is 1. The quantitative estimate of drug-likeness (QED) is 0.659. The third-order valence-electron chi connectivity index (χ3n) is 3.26. The highest BCUT2D eigenvalue weighted by Crippen LogP contribution is 2.21. The molecule has 2 rings (SSSR count). The van der Waals surface area contributed by atoms with Crippen LogP contribution < -0.4 is 5.73 Å². The van der Waals surface area contributed by atoms with Gasteiger partial charge in [-0.05, 0) is 38.3 Å². The van der Waals surface area contributed by atoms with E-state index in [9.17, 15) is 4.79 Å². The van der Waals surface area contributed by atoms with Crippen LogP contribution in [0.25, 0.3) is 0 Å². The van der Waals surface area contributed by atoms with E-state index in [1.165, 1.54) is 0 Å². The number of carbonyl (C=O) groups excluding carboxylic acids is 1. The van der Waals surface area contributed by atoms with E-state index < -0.39 is 0 Å². The maximum absolute atomic E-state index is 11.9. The molecular weight excluding hydrogens is 230 g/mol. The van der Waals surface area contributed by atoms with Gasteiger partial charge in [-0.15, -0.1) is 0 Å². The van der Waals surface area contributed by atoms with Gasteiger partial charge in [0.2, 0.25) is 0 Å². The number of benzene rings is 1. The predicted octanol–water partition coefficient (Wildman–Crippen LogP) is 2.30. The van der Waals surface area contributed by atoms with Gasteiger partial charge < -0.3 is 15.2 Å². The number of esters is 1. The molecule has 0 aromatic heterocycles. The lowest BCUT2D eigenvalue weighted by Gasteiger charge is -2.13. The minimum absolute atomic E-state index is 0.0231. The summed E-state index contributed by atoms with van der Waals surface area (Å²) in [6.45, 7) is 4.20. The molecule has 1 aliphatic heterocycles. The van der Waals surface area contributed by atoms with E-state index in [1.807, 2.05) is 19.9 Å². The van der Waals surface area contributed by atoms with Crippen LogP contribution in [0.4, 0.5) is 5.69 Å². The first-order valence-electron chi connectivity index (χ1n) is 6.25. The standard InChI is InChI=1S/C14H19NO3/c1-9-4-3-5-12(13(9)15)14(16)17-8-11-7-6-10(2)18-11/h3-5,10-11H,6-8,15H2,1-2H3. The van der Waals surface area contributed by atoms with Crippen LogP contribution in [-0.4, -0.2) is 24.8 Å². The lowest BCUT2D eigenvalue weighted by Crippen LogP contribution is -2.19. The van der Waals surface area contributed by atoms with Crippen LogP contribution in [0.2, 0.25) is 0 Å². The van der Waals surface area contributed by atoms with Crippen molar-refractivity contribution in [3.05, 3.63) is 29.3 Å². The first-order chi connectivity index (χ1) is 8.58. The van der Waals surface area contributed by atoms with Crippen LogP contribution in [0.5, 0.6) is 0 Å². The third-order valence-corrected chi connectivity index (χ3v) is 3.26. The Balaban J connectivity index is 1.94. The average molecular weight is 249 g/mol. The summed E-state index contributed by atoms with van der Waals surface area (Å²) < 4.78 is 10.8. The van der Waals surface area contributed by atoms with Crippen molar-refractivity contribution in [1.29, 1.82) is 0 Å². The summed E-state index contributed by atoms with van der Waals surface area (Å²) in [5.41, 5.74) is 7.66. The zero-order chi connectivity index (χ0) is 13.1. The molecule has 0 radical (unpaired) electrons. The second-order valence-corrected chi connectivity index (χ2v) is 4.78. The molecule has 1 fully saturated rings. The molecule has 98 valence electrons. The Hall–Kier alpha value is -1.55. The van der Waals surface area contributed by atoms with E-state index in [4.69, 9.17) is 15.2 Å². The van der Waals surface area contributed by atoms with E-state index >= 15 is 0 Å². The van der Waals surface area contributed by atoms with Gasteiger partial charge in [-0.3, -0.25) is 0 Å². The SMILES string of the molecule is Cc1cccc(C(=O)OCC2CCC(C)O2)c1N. The lowest BCUT2D eigenvalue weighted by atomic mass is 10.1. The van der Waals surface area contributed by atoms with Crippen molar-refractivity contribution >= 4 is 11.7 Å². The number of hydrogen-bond acceptors (Lipinski definition) is 4. The third kappa shape index (κ3) is 2.82. The number of carbonyl (C=O) groups is 1. The fourth-order valence-corrected chi connectivity index (χ4v) is 2.11. The zero-order valence-electron chi connectivity index (χ0n) is 10.8. The second kappa shape index (κ2) is 5.40. The fraction of sp³-hybridized carbons (Fsp3) is 0.500. The molecule has 1 aromatic carbocycles. The Labute approximate surface area is 107 Å². The molecule has 1 heterocycles. The maximum atomic E-state index is 11.9. The van der Waals surface area contributed by atoms with Crippen LogP contribution in [0, 0.1) is 6.92 Å². The summed E-state index contributed by atoms with van der Waals surface area (Å²) in [7, 11) is 0. The van der Waals surface area contributed by atoms with Gasteiger partial charge in [0, 0.05) is 5.69 Å². The Morgan fingerprint density at radius 2 is 2.28 bits per heavy atom. The van der Waals surface area contributed by atoms with Crippen LogP contribution in [0.3, 0.4) is 0 Å². The Morgan fingerprint density at radius 1 is 1.50 bits per heavy atom. The van der Waals surface area contributed by atoms with Crippen molar-refractivity contribution in [1.82, 2.24) is 0 Å². The van der Waals surface area contributed by atoms with Crippen molar-refractivity contribution < 1.29 is 14.3 Å². The maximum Gasteiger partial charge on any atom is 0.340 e. The van der Waals surface area contributed by atoms with Crippen molar-refractivity contribution in [2.75, 3.05) is 12.3 Å². The van der Waals surface area contributed by atoms with Crippen LogP contribution in [0.15, 0.2) is 18.2 Å². The van der Waals surface area contributed by atoms with Gasteiger partial charge in [0.25, 0.3) is 0 Å². The Kier molecular flexibility index (Phi) is 3.87. The smallest absolute Gasteiger partial charge is 0.340 e. The lowest BCUT2D eigenvalue weighted by molar-refractivity contribution is -0.00260. The second-order valence-electron chi connectivity index (χ2n) is 4.78. The van der Waals surface area contributed by atoms with E-state index in [1.54, 1.807) is 12.1 Å². The summed E-state index contributed by atoms with van der Waals surface area (Å²) in [6.07, 6.45) is 2.25. The molecule has 2 atom stereocenters. The Morgan fingerprint density at radius 3 is 2.94 bits per heavy atom. The first-order valence-corrected chi connectivity index (χ1v) is 6.25. The molecule has 0 saturated carbocycles. The molecule has 0 spiro atoms. The predicted molar refractivity (Wildman–Crippen MR) is 69.4 cm³/mol. The molecule has 0 aliphatic carbocycles. The summed E-state index contributed by atoms with van der Waals surface area (Å²) in [5.74, 6) is -0.376. The topological polar surface area (TPSA) is 61.5 Å². The molecule has 2 unspecified atom stereocenters. The minimum atomic E-state index is -0.376. The molecule has 1 aliphatic rings. The van der Waals surface area contributed by atoms with E-state index in [-0.39, 0.29) is 18.2 Å². The largest absolute Gasteiger partial charge is 0.459 e. The summed E-state index contributed by atoms with van der Waals surface area (Å²) in [4.78, 5) is 11.9. The number of rotatable bonds is 3. The first kappa shape index (κ1) is 12.9. The number of hydrogen-bond donors (Lipinski definition) is 1. The van der Waals surface area contributed by atoms with Crippen molar-refractivity contribution in [2.24, 2.45) is 0 Å². The number of nitrogen functional groups attached to an aromatic ring is 1. The molecule has 4 heteroatoms. The monoisotopic (exact) mass is 249 g/mol.